The van der Waals surface area contributed by atoms with E-state index in [2.05, 4.69) is 10.5 Å². The maximum Gasteiger partial charge on any atom is 0.226 e. The number of hydrazine groups is 1. The molecule has 0 fully saturated rings. The summed E-state index contributed by atoms with van der Waals surface area (Å²) >= 11 is 0. The van der Waals surface area contributed by atoms with Gasteiger partial charge in [0.15, 0.2) is 5.03 Å². The van der Waals surface area contributed by atoms with E-state index in [-0.39, 0.29) is 5.82 Å². The van der Waals surface area contributed by atoms with Crippen LogP contribution in [0.4, 0.5) is 5.69 Å². The first-order valence-corrected chi connectivity index (χ1v) is 5.43. The highest BCUT2D eigenvalue weighted by Gasteiger charge is 2.33. The molecule has 0 spiro atoms. The second-order valence-electron chi connectivity index (χ2n) is 3.71. The van der Waals surface area contributed by atoms with Crippen molar-refractivity contribution in [1.82, 2.24) is 15.5 Å². The van der Waals surface area contributed by atoms with Crippen LogP contribution in [0.15, 0.2) is 60.5 Å². The average molecular weight is 259 g/mol. The van der Waals surface area contributed by atoms with Gasteiger partial charge >= 0.3 is 0 Å². The Hall–Kier alpha value is -2.87. The molecule has 1 aromatic heterocycles. The number of anilines is 1. The first-order valence-electron chi connectivity index (χ1n) is 5.43. The second kappa shape index (κ2) is 4.42. The van der Waals surface area contributed by atoms with Crippen molar-refractivity contribution in [3.63, 3.8) is 0 Å². The third-order valence-corrected chi connectivity index (χ3v) is 2.57. The summed E-state index contributed by atoms with van der Waals surface area (Å²) in [7, 11) is 0. The Morgan fingerprint density at radius 1 is 1.47 bits per heavy atom. The van der Waals surface area contributed by atoms with Crippen LogP contribution in [0.5, 0.6) is 0 Å². The monoisotopic (exact) mass is 259 g/mol. The van der Waals surface area contributed by atoms with E-state index in [1.165, 1.54) is 11.3 Å². The third-order valence-electron chi connectivity index (χ3n) is 2.57. The van der Waals surface area contributed by atoms with Gasteiger partial charge in [-0.3, -0.25) is 4.98 Å². The smallest absolute Gasteiger partial charge is 0.226 e. The molecule has 0 aromatic carbocycles. The van der Waals surface area contributed by atoms with Crippen LogP contribution >= 0.6 is 0 Å². The molecule has 19 heavy (non-hydrogen) atoms. The second-order valence-corrected chi connectivity index (χ2v) is 3.71. The number of fused-ring (bicyclic) bond motifs is 1. The Morgan fingerprint density at radius 3 is 3.11 bits per heavy atom. The summed E-state index contributed by atoms with van der Waals surface area (Å²) in [6, 6.07) is 3.22. The van der Waals surface area contributed by atoms with Crippen molar-refractivity contribution < 1.29 is 9.97 Å². The van der Waals surface area contributed by atoms with Crippen LogP contribution < -0.4 is 10.5 Å². The minimum absolute atomic E-state index is 0.221. The third kappa shape index (κ3) is 1.89. The topological polar surface area (TPSA) is 83.8 Å². The van der Waals surface area contributed by atoms with Crippen molar-refractivity contribution in [2.24, 2.45) is 0 Å². The van der Waals surface area contributed by atoms with Crippen molar-refractivity contribution in [2.75, 3.05) is 5.01 Å². The minimum atomic E-state index is -0.536. The molecular weight excluding hydrogens is 250 g/mol. The number of rotatable bonds is 3. The maximum absolute atomic E-state index is 11.3. The molecule has 0 amide bonds. The van der Waals surface area contributed by atoms with Crippen LogP contribution in [0.25, 0.3) is 0 Å². The van der Waals surface area contributed by atoms with Crippen molar-refractivity contribution in [3.05, 3.63) is 70.6 Å². The molecule has 2 aliphatic heterocycles. The number of hydroxylamine groups is 3. The van der Waals surface area contributed by atoms with E-state index in [1.807, 2.05) is 0 Å². The summed E-state index contributed by atoms with van der Waals surface area (Å²) in [4.78, 5) is 20.3. The molecule has 2 aliphatic rings. The molecule has 8 nitrogen and oxygen atoms in total. The van der Waals surface area contributed by atoms with E-state index in [4.69, 9.17) is 4.94 Å². The Morgan fingerprint density at radius 2 is 2.37 bits per heavy atom. The van der Waals surface area contributed by atoms with Gasteiger partial charge in [0.05, 0.1) is 6.20 Å². The zero-order chi connectivity index (χ0) is 13.2. The summed E-state index contributed by atoms with van der Waals surface area (Å²) in [5.41, 5.74) is 3.41. The molecule has 0 radical (unpaired) electrons. The van der Waals surface area contributed by atoms with E-state index in [9.17, 15) is 10.1 Å². The zero-order valence-corrected chi connectivity index (χ0v) is 9.63. The molecule has 1 N–H and O–H groups in total. The van der Waals surface area contributed by atoms with Gasteiger partial charge in [-0.25, -0.2) is 20.7 Å². The molecule has 3 heterocycles. The molecule has 0 saturated heterocycles. The van der Waals surface area contributed by atoms with E-state index < -0.39 is 5.03 Å². The van der Waals surface area contributed by atoms with Crippen LogP contribution in [-0.4, -0.2) is 15.1 Å². The number of aromatic nitrogens is 1. The van der Waals surface area contributed by atoms with Gasteiger partial charge in [-0.2, -0.15) is 0 Å². The van der Waals surface area contributed by atoms with Gasteiger partial charge in [0.25, 0.3) is 0 Å². The molecule has 8 heteroatoms. The van der Waals surface area contributed by atoms with E-state index in [0.29, 0.717) is 11.4 Å². The van der Waals surface area contributed by atoms with Crippen LogP contribution in [-0.2, 0) is 4.94 Å². The van der Waals surface area contributed by atoms with Crippen molar-refractivity contribution >= 4 is 5.69 Å². The number of pyridine rings is 1. The number of nitrogens with zero attached hydrogens (tertiary/aromatic N) is 4. The van der Waals surface area contributed by atoms with Crippen LogP contribution in [0.1, 0.15) is 0 Å². The highest BCUT2D eigenvalue weighted by atomic mass is 16.8. The quantitative estimate of drug-likeness (QED) is 0.642. The van der Waals surface area contributed by atoms with Gasteiger partial charge in [0, 0.05) is 12.4 Å². The van der Waals surface area contributed by atoms with Gasteiger partial charge in [-0.05, 0) is 29.3 Å². The fourth-order valence-corrected chi connectivity index (χ4v) is 1.77. The lowest BCUT2D eigenvalue weighted by atomic mass is 10.3. The minimum Gasteiger partial charge on any atom is -0.262 e. The lowest BCUT2D eigenvalue weighted by molar-refractivity contribution is -0.489. The van der Waals surface area contributed by atoms with Gasteiger partial charge in [0.2, 0.25) is 5.82 Å². The highest BCUT2D eigenvalue weighted by Crippen LogP contribution is 2.27. The normalized spacial score (nSPS) is 16.3. The van der Waals surface area contributed by atoms with Crippen LogP contribution in [0.3, 0.4) is 0 Å². The summed E-state index contributed by atoms with van der Waals surface area (Å²) < 4.78 is 0. The fourth-order valence-electron chi connectivity index (χ4n) is 1.77. The molecule has 0 aliphatic carbocycles. The number of hydrogen-bond donors (Lipinski definition) is 1. The number of nitrogens with one attached hydrogen (secondary N) is 1. The standard InChI is InChI=1S/C11H9N5O3/c17-16(18)15(9-4-3-6-12-8-9)11-10-5-1-2-7-14(10)19-13-11/h1-8,13H. The first kappa shape index (κ1) is 11.2. The molecule has 3 rings (SSSR count). The Balaban J connectivity index is 2.05. The largest absolute Gasteiger partial charge is 0.262 e. The predicted octanol–water partition coefficient (Wildman–Crippen LogP) is 1.08. The van der Waals surface area contributed by atoms with Gasteiger partial charge in [-0.15, -0.1) is 4.94 Å². The van der Waals surface area contributed by atoms with E-state index >= 15 is 0 Å². The SMILES string of the molecule is O=[N+]([O-])N(C1=C2C=CC=CN2ON1)c1cccnc1. The lowest BCUT2D eigenvalue weighted by Crippen LogP contribution is -2.34. The maximum atomic E-state index is 11.3. The molecule has 96 valence electrons. The summed E-state index contributed by atoms with van der Waals surface area (Å²) in [6.07, 6.45) is 9.84. The highest BCUT2D eigenvalue weighted by molar-refractivity contribution is 5.49. The van der Waals surface area contributed by atoms with Gasteiger partial charge in [0.1, 0.15) is 11.4 Å². The average Bonchev–Trinajstić information content (AvgIpc) is 2.84. The Kier molecular flexibility index (Phi) is 2.62. The van der Waals surface area contributed by atoms with Crippen LogP contribution in [0, 0.1) is 10.1 Å². The van der Waals surface area contributed by atoms with Gasteiger partial charge in [-0.1, -0.05) is 6.08 Å². The van der Waals surface area contributed by atoms with Crippen LogP contribution in [0.2, 0.25) is 0 Å². The Bertz CT molecular complexity index is 596. The molecule has 0 saturated carbocycles. The summed E-state index contributed by atoms with van der Waals surface area (Å²) in [5, 5.41) is 13.0. The molecular formula is C11H9N5O3. The van der Waals surface area contributed by atoms with Gasteiger partial charge < -0.3 is 0 Å². The first-order chi connectivity index (χ1) is 9.27. The molecule has 1 aromatic rings. The number of hydrogen-bond acceptors (Lipinski definition) is 6. The van der Waals surface area contributed by atoms with E-state index in [1.54, 1.807) is 42.8 Å². The van der Waals surface area contributed by atoms with Crippen molar-refractivity contribution in [3.8, 4) is 0 Å². The Labute approximate surface area is 107 Å². The van der Waals surface area contributed by atoms with Crippen molar-refractivity contribution in [2.45, 2.75) is 0 Å². The summed E-state index contributed by atoms with van der Waals surface area (Å²) in [6.45, 7) is 0. The molecule has 0 unspecified atom stereocenters. The molecule has 0 atom stereocenters. The predicted molar refractivity (Wildman–Crippen MR) is 65.1 cm³/mol. The lowest BCUT2D eigenvalue weighted by Gasteiger charge is -2.14. The zero-order valence-electron chi connectivity index (χ0n) is 9.63. The van der Waals surface area contributed by atoms with Crippen molar-refractivity contribution in [1.29, 1.82) is 0 Å². The number of allylic oxidation sites excluding steroid dienone is 3. The fraction of sp³-hybridized carbons (Fsp3) is 0. The number of nitro groups is 1. The summed E-state index contributed by atoms with van der Waals surface area (Å²) in [5.74, 6) is 0.221. The molecule has 0 bridgehead atoms. The van der Waals surface area contributed by atoms with E-state index in [0.717, 1.165) is 5.01 Å².